The first-order valence-electron chi connectivity index (χ1n) is 8.96. The standard InChI is InChI=1S/C20H23N7S/c1-13(26-27-19(21)22)14-5-2-7-16(11-14)24-20(28)25-17-8-3-6-15(12-17)18-9-4-10-23-18/h2-3,5-8,11-12H,4,9-10H2,1H3,(H4,21,22,27)(H2,24,25,28)/b26-13+. The van der Waals surface area contributed by atoms with E-state index in [-0.39, 0.29) is 5.96 Å². The third kappa shape index (κ3) is 5.37. The Morgan fingerprint density at radius 2 is 1.75 bits per heavy atom. The number of anilines is 2. The largest absolute Gasteiger partial charge is 0.369 e. The average Bonchev–Trinajstić information content (AvgIpc) is 3.21. The van der Waals surface area contributed by atoms with Crippen LogP contribution in [0.15, 0.2) is 63.7 Å². The lowest BCUT2D eigenvalue weighted by molar-refractivity contribution is 0.951. The Morgan fingerprint density at radius 1 is 1.04 bits per heavy atom. The van der Waals surface area contributed by atoms with E-state index in [9.17, 15) is 0 Å². The molecule has 1 heterocycles. The molecule has 0 atom stereocenters. The molecular weight excluding hydrogens is 370 g/mol. The molecule has 0 saturated carbocycles. The molecule has 3 rings (SSSR count). The third-order valence-electron chi connectivity index (χ3n) is 4.18. The van der Waals surface area contributed by atoms with Gasteiger partial charge in [-0.05, 0) is 67.4 Å². The summed E-state index contributed by atoms with van der Waals surface area (Å²) in [6.07, 6.45) is 2.15. The molecule has 144 valence electrons. The molecule has 7 nitrogen and oxygen atoms in total. The molecular formula is C20H23N7S. The first kappa shape index (κ1) is 19.5. The minimum absolute atomic E-state index is 0.0789. The summed E-state index contributed by atoms with van der Waals surface area (Å²) >= 11 is 5.45. The van der Waals surface area contributed by atoms with Gasteiger partial charge in [0, 0.05) is 23.6 Å². The van der Waals surface area contributed by atoms with Crippen molar-refractivity contribution in [2.75, 3.05) is 17.2 Å². The van der Waals surface area contributed by atoms with E-state index in [2.05, 4.69) is 38.0 Å². The highest BCUT2D eigenvalue weighted by Crippen LogP contribution is 2.18. The number of rotatable bonds is 5. The van der Waals surface area contributed by atoms with Crippen molar-refractivity contribution in [2.45, 2.75) is 19.8 Å². The molecule has 0 spiro atoms. The number of nitrogens with two attached hydrogens (primary N) is 2. The molecule has 0 amide bonds. The smallest absolute Gasteiger partial charge is 0.211 e. The third-order valence-corrected chi connectivity index (χ3v) is 4.39. The van der Waals surface area contributed by atoms with Gasteiger partial charge >= 0.3 is 0 Å². The van der Waals surface area contributed by atoms with Crippen LogP contribution in [0.4, 0.5) is 11.4 Å². The Morgan fingerprint density at radius 3 is 2.43 bits per heavy atom. The van der Waals surface area contributed by atoms with Crippen LogP contribution in [0, 0.1) is 0 Å². The van der Waals surface area contributed by atoms with Crippen molar-refractivity contribution in [3.8, 4) is 0 Å². The maximum absolute atomic E-state index is 5.45. The lowest BCUT2D eigenvalue weighted by Gasteiger charge is -2.12. The summed E-state index contributed by atoms with van der Waals surface area (Å²) in [5, 5.41) is 14.6. The Labute approximate surface area is 169 Å². The zero-order valence-corrected chi connectivity index (χ0v) is 16.5. The monoisotopic (exact) mass is 393 g/mol. The number of guanidine groups is 1. The molecule has 0 aromatic heterocycles. The molecule has 0 aliphatic carbocycles. The quantitative estimate of drug-likeness (QED) is 0.270. The molecule has 2 aromatic carbocycles. The summed E-state index contributed by atoms with van der Waals surface area (Å²) in [5.74, 6) is -0.0789. The molecule has 6 N–H and O–H groups in total. The van der Waals surface area contributed by atoms with Crippen LogP contribution in [-0.2, 0) is 0 Å². The second-order valence-corrected chi connectivity index (χ2v) is 6.79. The summed E-state index contributed by atoms with van der Waals surface area (Å²) in [6, 6.07) is 15.8. The van der Waals surface area contributed by atoms with Crippen molar-refractivity contribution in [2.24, 2.45) is 26.7 Å². The Bertz CT molecular complexity index is 959. The van der Waals surface area contributed by atoms with E-state index in [4.69, 9.17) is 23.7 Å². The minimum Gasteiger partial charge on any atom is -0.369 e. The van der Waals surface area contributed by atoms with Crippen LogP contribution in [0.5, 0.6) is 0 Å². The van der Waals surface area contributed by atoms with Crippen molar-refractivity contribution < 1.29 is 0 Å². The van der Waals surface area contributed by atoms with E-state index in [1.807, 2.05) is 43.3 Å². The predicted molar refractivity (Wildman–Crippen MR) is 121 cm³/mol. The van der Waals surface area contributed by atoms with Gasteiger partial charge in [-0.15, -0.1) is 5.10 Å². The van der Waals surface area contributed by atoms with Crippen molar-refractivity contribution >= 4 is 46.1 Å². The van der Waals surface area contributed by atoms with E-state index < -0.39 is 0 Å². The number of thiocarbonyl (C=S) groups is 1. The van der Waals surface area contributed by atoms with Gasteiger partial charge in [0.2, 0.25) is 5.96 Å². The fourth-order valence-corrected chi connectivity index (χ4v) is 3.09. The number of hydrogen-bond donors (Lipinski definition) is 4. The Hall–Kier alpha value is -3.26. The van der Waals surface area contributed by atoms with Crippen molar-refractivity contribution in [3.05, 3.63) is 59.7 Å². The van der Waals surface area contributed by atoms with Crippen LogP contribution in [0.25, 0.3) is 0 Å². The van der Waals surface area contributed by atoms with Gasteiger partial charge in [0.15, 0.2) is 5.11 Å². The summed E-state index contributed by atoms with van der Waals surface area (Å²) < 4.78 is 0. The number of benzene rings is 2. The van der Waals surface area contributed by atoms with Gasteiger partial charge in [-0.3, -0.25) is 4.99 Å². The molecule has 28 heavy (non-hydrogen) atoms. The van der Waals surface area contributed by atoms with Crippen LogP contribution in [0.3, 0.4) is 0 Å². The predicted octanol–water partition coefficient (Wildman–Crippen LogP) is 3.08. The molecule has 8 heteroatoms. The Balaban J connectivity index is 1.67. The SMILES string of the molecule is C/C(=N\N=C(N)N)c1cccc(NC(=S)Nc2cccc(C3=NCCC3)c2)c1. The lowest BCUT2D eigenvalue weighted by atomic mass is 10.1. The Kier molecular flexibility index (Phi) is 6.33. The van der Waals surface area contributed by atoms with Crippen LogP contribution >= 0.6 is 12.2 Å². The maximum Gasteiger partial charge on any atom is 0.211 e. The molecule has 0 unspecified atom stereocenters. The molecule has 0 fully saturated rings. The molecule has 0 bridgehead atoms. The molecule has 0 radical (unpaired) electrons. The van der Waals surface area contributed by atoms with Crippen LogP contribution in [0.2, 0.25) is 0 Å². The van der Waals surface area contributed by atoms with E-state index in [1.54, 1.807) is 0 Å². The van der Waals surface area contributed by atoms with Gasteiger partial charge in [-0.2, -0.15) is 5.10 Å². The van der Waals surface area contributed by atoms with E-state index in [0.717, 1.165) is 47.6 Å². The van der Waals surface area contributed by atoms with Gasteiger partial charge in [0.05, 0.1) is 5.71 Å². The van der Waals surface area contributed by atoms with Gasteiger partial charge in [0.25, 0.3) is 0 Å². The summed E-state index contributed by atoms with van der Waals surface area (Å²) in [4.78, 5) is 4.55. The molecule has 1 aliphatic rings. The number of nitrogens with zero attached hydrogens (tertiary/aromatic N) is 3. The first-order chi connectivity index (χ1) is 13.5. The topological polar surface area (TPSA) is 113 Å². The van der Waals surface area contributed by atoms with Crippen LogP contribution in [0.1, 0.15) is 30.9 Å². The molecule has 0 saturated heterocycles. The highest BCUT2D eigenvalue weighted by atomic mass is 32.1. The summed E-state index contributed by atoms with van der Waals surface area (Å²) in [7, 11) is 0. The second-order valence-electron chi connectivity index (χ2n) is 6.38. The van der Waals surface area contributed by atoms with E-state index in [1.165, 1.54) is 0 Å². The number of nitrogens with one attached hydrogen (secondary N) is 2. The number of aliphatic imine (C=N–C) groups is 1. The van der Waals surface area contributed by atoms with Crippen molar-refractivity contribution in [1.82, 2.24) is 0 Å². The van der Waals surface area contributed by atoms with Gasteiger partial charge in [-0.1, -0.05) is 24.3 Å². The van der Waals surface area contributed by atoms with Crippen molar-refractivity contribution in [3.63, 3.8) is 0 Å². The van der Waals surface area contributed by atoms with Gasteiger partial charge in [-0.25, -0.2) is 0 Å². The first-order valence-corrected chi connectivity index (χ1v) is 9.37. The fraction of sp³-hybridized carbons (Fsp3) is 0.200. The van der Waals surface area contributed by atoms with E-state index >= 15 is 0 Å². The fourth-order valence-electron chi connectivity index (χ4n) is 2.86. The van der Waals surface area contributed by atoms with Crippen LogP contribution < -0.4 is 22.1 Å². The lowest BCUT2D eigenvalue weighted by Crippen LogP contribution is -2.22. The highest BCUT2D eigenvalue weighted by Gasteiger charge is 2.09. The van der Waals surface area contributed by atoms with Crippen LogP contribution in [-0.4, -0.2) is 29.0 Å². The maximum atomic E-state index is 5.45. The average molecular weight is 394 g/mol. The highest BCUT2D eigenvalue weighted by molar-refractivity contribution is 7.80. The molecule has 2 aromatic rings. The normalized spacial score (nSPS) is 13.6. The summed E-state index contributed by atoms with van der Waals surface area (Å²) in [6.45, 7) is 2.74. The zero-order chi connectivity index (χ0) is 19.9. The molecule has 1 aliphatic heterocycles. The summed E-state index contributed by atoms with van der Waals surface area (Å²) in [5.41, 5.74) is 16.3. The zero-order valence-electron chi connectivity index (χ0n) is 15.6. The van der Waals surface area contributed by atoms with E-state index in [0.29, 0.717) is 10.8 Å². The number of hydrogen-bond acceptors (Lipinski definition) is 4. The minimum atomic E-state index is -0.0789. The van der Waals surface area contributed by atoms with Gasteiger partial charge < -0.3 is 22.1 Å². The van der Waals surface area contributed by atoms with Gasteiger partial charge in [0.1, 0.15) is 0 Å². The van der Waals surface area contributed by atoms with Crippen molar-refractivity contribution in [1.29, 1.82) is 0 Å². The second kappa shape index (κ2) is 9.09.